The molecule has 0 aliphatic heterocycles. The number of hydrogen-bond acceptors (Lipinski definition) is 2. The van der Waals surface area contributed by atoms with E-state index in [0.29, 0.717) is 0 Å². The minimum Gasteiger partial charge on any atom is -0.306 e. The van der Waals surface area contributed by atoms with Crippen LogP contribution in [0.15, 0.2) is 29.6 Å². The number of benzene rings is 1. The van der Waals surface area contributed by atoms with Gasteiger partial charge in [-0.15, -0.1) is 11.3 Å². The quantitative estimate of drug-likeness (QED) is 0.842. The van der Waals surface area contributed by atoms with Gasteiger partial charge >= 0.3 is 0 Å². The SMILES string of the molecule is CCCNC(c1cc(C)cc(F)c1)c1ccsc1C. The number of halogens is 1. The molecule has 1 aromatic carbocycles. The molecule has 1 nitrogen and oxygen atoms in total. The van der Waals surface area contributed by atoms with Crippen molar-refractivity contribution in [3.63, 3.8) is 0 Å². The highest BCUT2D eigenvalue weighted by Gasteiger charge is 2.17. The van der Waals surface area contributed by atoms with Crippen molar-refractivity contribution in [2.75, 3.05) is 6.54 Å². The molecule has 0 aliphatic carbocycles. The molecular formula is C16H20FNS. The van der Waals surface area contributed by atoms with Gasteiger partial charge in [-0.3, -0.25) is 0 Å². The summed E-state index contributed by atoms with van der Waals surface area (Å²) in [5.41, 5.74) is 3.22. The molecule has 0 spiro atoms. The minimum absolute atomic E-state index is 0.0839. The molecule has 2 rings (SSSR count). The van der Waals surface area contributed by atoms with Gasteiger partial charge in [0.2, 0.25) is 0 Å². The maximum atomic E-state index is 13.6. The van der Waals surface area contributed by atoms with Gasteiger partial charge in [-0.2, -0.15) is 0 Å². The highest BCUT2D eigenvalue weighted by atomic mass is 32.1. The van der Waals surface area contributed by atoms with Gasteiger partial charge in [-0.05, 0) is 67.1 Å². The molecule has 1 heterocycles. The van der Waals surface area contributed by atoms with Gasteiger partial charge in [0.1, 0.15) is 5.82 Å². The fourth-order valence-corrected chi connectivity index (χ4v) is 3.06. The maximum Gasteiger partial charge on any atom is 0.123 e. The van der Waals surface area contributed by atoms with Crippen LogP contribution in [0.3, 0.4) is 0 Å². The van der Waals surface area contributed by atoms with E-state index in [0.717, 1.165) is 24.1 Å². The van der Waals surface area contributed by atoms with E-state index in [4.69, 9.17) is 0 Å². The Kier molecular flexibility index (Phi) is 4.72. The average Bonchev–Trinajstić information content (AvgIpc) is 2.75. The fourth-order valence-electron chi connectivity index (χ4n) is 2.32. The van der Waals surface area contributed by atoms with Gasteiger partial charge < -0.3 is 5.32 Å². The third-order valence-electron chi connectivity index (χ3n) is 3.21. The monoisotopic (exact) mass is 277 g/mol. The molecule has 0 radical (unpaired) electrons. The van der Waals surface area contributed by atoms with E-state index in [2.05, 4.69) is 36.7 Å². The van der Waals surface area contributed by atoms with Crippen LogP contribution in [0.25, 0.3) is 0 Å². The van der Waals surface area contributed by atoms with Crippen LogP contribution in [0.1, 0.15) is 41.0 Å². The first-order chi connectivity index (χ1) is 9.11. The average molecular weight is 277 g/mol. The van der Waals surface area contributed by atoms with E-state index in [1.807, 2.05) is 6.92 Å². The summed E-state index contributed by atoms with van der Waals surface area (Å²) in [6.45, 7) is 7.12. The second-order valence-electron chi connectivity index (χ2n) is 4.88. The zero-order chi connectivity index (χ0) is 13.8. The van der Waals surface area contributed by atoms with E-state index >= 15 is 0 Å². The molecule has 102 valence electrons. The van der Waals surface area contributed by atoms with Crippen LogP contribution in [0.2, 0.25) is 0 Å². The van der Waals surface area contributed by atoms with Gasteiger partial charge in [0.25, 0.3) is 0 Å². The molecule has 0 fully saturated rings. The summed E-state index contributed by atoms with van der Waals surface area (Å²) in [7, 11) is 0. The number of rotatable bonds is 5. The normalized spacial score (nSPS) is 12.6. The van der Waals surface area contributed by atoms with Gasteiger partial charge in [-0.25, -0.2) is 4.39 Å². The van der Waals surface area contributed by atoms with E-state index in [-0.39, 0.29) is 11.9 Å². The van der Waals surface area contributed by atoms with E-state index in [9.17, 15) is 4.39 Å². The highest BCUT2D eigenvalue weighted by Crippen LogP contribution is 2.29. The predicted octanol–water partition coefficient (Wildman–Crippen LogP) is 4.59. The molecule has 19 heavy (non-hydrogen) atoms. The largest absolute Gasteiger partial charge is 0.306 e. The van der Waals surface area contributed by atoms with Crippen LogP contribution in [0, 0.1) is 19.7 Å². The zero-order valence-electron chi connectivity index (χ0n) is 11.7. The Morgan fingerprint density at radius 1 is 1.26 bits per heavy atom. The molecule has 0 aliphatic rings. The Balaban J connectivity index is 2.39. The summed E-state index contributed by atoms with van der Waals surface area (Å²) in [5, 5.41) is 5.62. The van der Waals surface area contributed by atoms with Crippen molar-refractivity contribution in [2.24, 2.45) is 0 Å². The summed E-state index contributed by atoms with van der Waals surface area (Å²) in [5.74, 6) is -0.161. The zero-order valence-corrected chi connectivity index (χ0v) is 12.5. The molecule has 0 saturated carbocycles. The Bertz CT molecular complexity index is 527. The van der Waals surface area contributed by atoms with Crippen molar-refractivity contribution in [1.29, 1.82) is 0 Å². The summed E-state index contributed by atoms with van der Waals surface area (Å²) < 4.78 is 13.6. The van der Waals surface area contributed by atoms with Crippen LogP contribution in [0.4, 0.5) is 4.39 Å². The predicted molar refractivity (Wildman–Crippen MR) is 80.3 cm³/mol. The topological polar surface area (TPSA) is 12.0 Å². The van der Waals surface area contributed by atoms with Crippen LogP contribution in [0.5, 0.6) is 0 Å². The Morgan fingerprint density at radius 2 is 2.05 bits per heavy atom. The Hall–Kier alpha value is -1.19. The molecule has 1 atom stereocenters. The second-order valence-corrected chi connectivity index (χ2v) is 6.00. The molecule has 1 aromatic heterocycles. The first kappa shape index (κ1) is 14.2. The minimum atomic E-state index is -0.161. The van der Waals surface area contributed by atoms with Gasteiger partial charge in [0, 0.05) is 4.88 Å². The van der Waals surface area contributed by atoms with Crippen molar-refractivity contribution in [1.82, 2.24) is 5.32 Å². The van der Waals surface area contributed by atoms with Crippen molar-refractivity contribution in [3.8, 4) is 0 Å². The lowest BCUT2D eigenvalue weighted by Gasteiger charge is -2.20. The molecule has 0 bridgehead atoms. The number of hydrogen-bond donors (Lipinski definition) is 1. The van der Waals surface area contributed by atoms with E-state index < -0.39 is 0 Å². The molecule has 3 heteroatoms. The number of aryl methyl sites for hydroxylation is 2. The molecule has 0 amide bonds. The van der Waals surface area contributed by atoms with Crippen molar-refractivity contribution in [3.05, 3.63) is 57.0 Å². The van der Waals surface area contributed by atoms with Crippen molar-refractivity contribution < 1.29 is 4.39 Å². The fraction of sp³-hybridized carbons (Fsp3) is 0.375. The highest BCUT2D eigenvalue weighted by molar-refractivity contribution is 7.10. The molecule has 1 unspecified atom stereocenters. The standard InChI is InChI=1S/C16H20FNS/c1-4-6-18-16(15-5-7-19-12(15)3)13-8-11(2)9-14(17)10-13/h5,7-10,16,18H,4,6H2,1-3H3. The Morgan fingerprint density at radius 3 is 2.63 bits per heavy atom. The third-order valence-corrected chi connectivity index (χ3v) is 4.07. The first-order valence-electron chi connectivity index (χ1n) is 6.66. The maximum absolute atomic E-state index is 13.6. The third kappa shape index (κ3) is 3.43. The van der Waals surface area contributed by atoms with Crippen LogP contribution in [-0.2, 0) is 0 Å². The first-order valence-corrected chi connectivity index (χ1v) is 7.54. The lowest BCUT2D eigenvalue weighted by molar-refractivity contribution is 0.584. The summed E-state index contributed by atoms with van der Waals surface area (Å²) >= 11 is 1.74. The van der Waals surface area contributed by atoms with E-state index in [1.54, 1.807) is 23.5 Å². The van der Waals surface area contributed by atoms with Crippen LogP contribution < -0.4 is 5.32 Å². The summed E-state index contributed by atoms with van der Waals surface area (Å²) in [6.07, 6.45) is 1.06. The van der Waals surface area contributed by atoms with E-state index in [1.165, 1.54) is 10.4 Å². The van der Waals surface area contributed by atoms with Crippen molar-refractivity contribution in [2.45, 2.75) is 33.2 Å². The summed E-state index contributed by atoms with van der Waals surface area (Å²) in [6, 6.07) is 7.49. The summed E-state index contributed by atoms with van der Waals surface area (Å²) in [4.78, 5) is 1.29. The lowest BCUT2D eigenvalue weighted by atomic mass is 9.97. The van der Waals surface area contributed by atoms with Gasteiger partial charge in [-0.1, -0.05) is 13.0 Å². The number of nitrogens with one attached hydrogen (secondary N) is 1. The molecule has 0 saturated heterocycles. The van der Waals surface area contributed by atoms with Gasteiger partial charge in [0.05, 0.1) is 6.04 Å². The second kappa shape index (κ2) is 6.31. The van der Waals surface area contributed by atoms with Crippen molar-refractivity contribution >= 4 is 11.3 Å². The molecule has 2 aromatic rings. The lowest BCUT2D eigenvalue weighted by Crippen LogP contribution is -2.23. The Labute approximate surface area is 118 Å². The molecule has 1 N–H and O–H groups in total. The smallest absolute Gasteiger partial charge is 0.123 e. The molecular weight excluding hydrogens is 257 g/mol. The van der Waals surface area contributed by atoms with Gasteiger partial charge in [0.15, 0.2) is 0 Å². The van der Waals surface area contributed by atoms with Crippen LogP contribution >= 0.6 is 11.3 Å². The van der Waals surface area contributed by atoms with Crippen LogP contribution in [-0.4, -0.2) is 6.54 Å². The number of thiophene rings is 1.